The Bertz CT molecular complexity index is 232. The van der Waals surface area contributed by atoms with Crippen LogP contribution in [-0.4, -0.2) is 35.5 Å². The molecule has 0 saturated carbocycles. The van der Waals surface area contributed by atoms with Crippen molar-refractivity contribution in [1.29, 1.82) is 0 Å². The zero-order chi connectivity index (χ0) is 10.8. The molecule has 0 aromatic carbocycles. The molecule has 1 amide bonds. The van der Waals surface area contributed by atoms with Crippen molar-refractivity contribution >= 4 is 12.4 Å². The van der Waals surface area contributed by atoms with Crippen LogP contribution >= 0.6 is 0 Å². The number of likely N-dealkylation sites (tertiary alicyclic amines) is 1. The number of nitrogens with zero attached hydrogens (tertiary/aromatic N) is 1. The van der Waals surface area contributed by atoms with Gasteiger partial charge < -0.3 is 9.64 Å². The number of hydrogen-bond donors (Lipinski definition) is 0. The van der Waals surface area contributed by atoms with Gasteiger partial charge in [0.05, 0.1) is 0 Å². The monoisotopic (exact) mass is 198 g/mol. The molecule has 1 atom stereocenters. The van der Waals surface area contributed by atoms with E-state index in [1.807, 2.05) is 20.8 Å². The van der Waals surface area contributed by atoms with E-state index in [0.717, 1.165) is 6.42 Å². The van der Waals surface area contributed by atoms with Crippen LogP contribution in [0, 0.1) is 0 Å². The third kappa shape index (κ3) is 2.72. The highest BCUT2D eigenvalue weighted by Crippen LogP contribution is 2.19. The highest BCUT2D eigenvalue weighted by molar-refractivity contribution is 5.79. The van der Waals surface area contributed by atoms with Crippen LogP contribution in [0.25, 0.3) is 0 Å². The molecule has 79 valence electrons. The number of carbonyl (C=O) groups excluding carboxylic acids is 2. The van der Waals surface area contributed by atoms with Gasteiger partial charge in [-0.15, -0.1) is 0 Å². The molecule has 1 aliphatic heterocycles. The Morgan fingerprint density at radius 2 is 2.14 bits per heavy atom. The van der Waals surface area contributed by atoms with Crippen LogP contribution in [-0.2, 0) is 14.3 Å². The molecule has 1 fully saturated rings. The number of carbonyl (C=O) groups is 1. The second-order valence-electron chi connectivity index (χ2n) is 4.48. The van der Waals surface area contributed by atoms with Gasteiger partial charge >= 0.3 is 12.4 Å². The van der Waals surface area contributed by atoms with Crippen molar-refractivity contribution in [1.82, 2.24) is 4.90 Å². The van der Waals surface area contributed by atoms with E-state index in [1.54, 1.807) is 6.41 Å². The summed E-state index contributed by atoms with van der Waals surface area (Å²) in [6.07, 6.45) is 3.29. The summed E-state index contributed by atoms with van der Waals surface area (Å²) in [6.45, 7) is 6.05. The molecule has 1 radical (unpaired) electrons. The minimum absolute atomic E-state index is 0.321. The van der Waals surface area contributed by atoms with E-state index in [-0.39, 0.29) is 5.97 Å². The summed E-state index contributed by atoms with van der Waals surface area (Å²) in [5, 5.41) is 0. The Morgan fingerprint density at radius 1 is 1.50 bits per heavy atom. The third-order valence-corrected chi connectivity index (χ3v) is 2.05. The minimum atomic E-state index is -0.492. The van der Waals surface area contributed by atoms with Gasteiger partial charge in [-0.3, -0.25) is 4.79 Å². The average Bonchev–Trinajstić information content (AvgIpc) is 2.47. The van der Waals surface area contributed by atoms with Crippen LogP contribution in [0.2, 0.25) is 0 Å². The summed E-state index contributed by atoms with van der Waals surface area (Å²) in [7, 11) is 0. The maximum atomic E-state index is 11.6. The van der Waals surface area contributed by atoms with E-state index in [1.165, 1.54) is 4.90 Å². The first-order chi connectivity index (χ1) is 6.44. The second kappa shape index (κ2) is 3.98. The van der Waals surface area contributed by atoms with E-state index in [4.69, 9.17) is 4.74 Å². The summed E-state index contributed by atoms with van der Waals surface area (Å²) in [6, 6.07) is -0.424. The molecule has 1 saturated heterocycles. The molecule has 0 aromatic heterocycles. The predicted octanol–water partition coefficient (Wildman–Crippen LogP) is 0.860. The topological polar surface area (TPSA) is 46.6 Å². The maximum absolute atomic E-state index is 11.6. The summed E-state index contributed by atoms with van der Waals surface area (Å²) < 4.78 is 5.19. The molecule has 0 aromatic rings. The molecule has 1 heterocycles. The Balaban J connectivity index is 2.56. The molecule has 1 rings (SSSR count). The molecular weight excluding hydrogens is 182 g/mol. The van der Waals surface area contributed by atoms with Crippen LogP contribution < -0.4 is 0 Å². The number of rotatable bonds is 2. The Labute approximate surface area is 84.2 Å². The lowest BCUT2D eigenvalue weighted by Crippen LogP contribution is -2.39. The highest BCUT2D eigenvalue weighted by atomic mass is 16.6. The van der Waals surface area contributed by atoms with Crippen LogP contribution in [0.15, 0.2) is 0 Å². The number of ether oxygens (including phenoxy) is 1. The largest absolute Gasteiger partial charge is 0.458 e. The predicted molar refractivity (Wildman–Crippen MR) is 51.3 cm³/mol. The van der Waals surface area contributed by atoms with E-state index in [2.05, 4.69) is 0 Å². The standard InChI is InChI=1S/C10H16NO3/c1-10(2,3)14-9(13)8-5-4-6-11(8)7-12/h8H,4-6H2,1-3H3. The van der Waals surface area contributed by atoms with Crippen molar-refractivity contribution in [3.05, 3.63) is 0 Å². The van der Waals surface area contributed by atoms with Crippen molar-refractivity contribution in [2.24, 2.45) is 0 Å². The highest BCUT2D eigenvalue weighted by Gasteiger charge is 2.33. The Kier molecular flexibility index (Phi) is 3.13. The van der Waals surface area contributed by atoms with Gasteiger partial charge in [0.2, 0.25) is 0 Å². The average molecular weight is 198 g/mol. The van der Waals surface area contributed by atoms with E-state index < -0.39 is 11.6 Å². The van der Waals surface area contributed by atoms with Crippen molar-refractivity contribution in [3.63, 3.8) is 0 Å². The molecule has 0 N–H and O–H groups in total. The minimum Gasteiger partial charge on any atom is -0.458 e. The molecule has 1 aliphatic rings. The fraction of sp³-hybridized carbons (Fsp3) is 0.800. The fourth-order valence-electron chi connectivity index (χ4n) is 1.49. The Morgan fingerprint density at radius 3 is 2.64 bits per heavy atom. The third-order valence-electron chi connectivity index (χ3n) is 2.05. The number of esters is 1. The van der Waals surface area contributed by atoms with Crippen molar-refractivity contribution in [2.75, 3.05) is 6.54 Å². The van der Waals surface area contributed by atoms with Gasteiger partial charge in [0.15, 0.2) is 0 Å². The van der Waals surface area contributed by atoms with Gasteiger partial charge in [-0.2, -0.15) is 0 Å². The lowest BCUT2D eigenvalue weighted by molar-refractivity contribution is -0.159. The Hall–Kier alpha value is -1.06. The van der Waals surface area contributed by atoms with Gasteiger partial charge in [0.25, 0.3) is 0 Å². The maximum Gasteiger partial charge on any atom is 0.329 e. The van der Waals surface area contributed by atoms with Crippen LogP contribution in [0.4, 0.5) is 0 Å². The van der Waals surface area contributed by atoms with Gasteiger partial charge in [0, 0.05) is 6.54 Å². The first kappa shape index (κ1) is 11.0. The number of hydrogen-bond acceptors (Lipinski definition) is 3. The molecule has 14 heavy (non-hydrogen) atoms. The lowest BCUT2D eigenvalue weighted by Gasteiger charge is -2.24. The number of amides is 1. The van der Waals surface area contributed by atoms with Crippen LogP contribution in [0.3, 0.4) is 0 Å². The molecule has 0 bridgehead atoms. The quantitative estimate of drug-likeness (QED) is 0.618. The van der Waals surface area contributed by atoms with E-state index >= 15 is 0 Å². The van der Waals surface area contributed by atoms with Crippen LogP contribution in [0.1, 0.15) is 33.6 Å². The second-order valence-corrected chi connectivity index (χ2v) is 4.48. The zero-order valence-corrected chi connectivity index (χ0v) is 8.87. The van der Waals surface area contributed by atoms with Crippen LogP contribution in [0.5, 0.6) is 0 Å². The summed E-state index contributed by atoms with van der Waals surface area (Å²) in [5.41, 5.74) is -0.492. The fourth-order valence-corrected chi connectivity index (χ4v) is 1.49. The molecule has 1 unspecified atom stereocenters. The molecule has 4 heteroatoms. The van der Waals surface area contributed by atoms with Gasteiger partial charge in [-0.25, -0.2) is 4.79 Å². The van der Waals surface area contributed by atoms with Crippen molar-refractivity contribution in [3.8, 4) is 0 Å². The van der Waals surface area contributed by atoms with E-state index in [9.17, 15) is 9.59 Å². The van der Waals surface area contributed by atoms with Gasteiger partial charge in [-0.1, -0.05) is 0 Å². The molecule has 4 nitrogen and oxygen atoms in total. The SMILES string of the molecule is CC(C)(C)OC(=O)C1CCCN1[C]=O. The first-order valence-corrected chi connectivity index (χ1v) is 4.81. The van der Waals surface area contributed by atoms with Crippen molar-refractivity contribution < 1.29 is 14.3 Å². The normalized spacial score (nSPS) is 22.2. The molecule has 0 aliphatic carbocycles. The molecule has 0 spiro atoms. The summed E-state index contributed by atoms with van der Waals surface area (Å²) in [4.78, 5) is 23.5. The summed E-state index contributed by atoms with van der Waals surface area (Å²) >= 11 is 0. The van der Waals surface area contributed by atoms with E-state index in [0.29, 0.717) is 13.0 Å². The lowest BCUT2D eigenvalue weighted by atomic mass is 10.1. The molecular formula is C10H16NO3. The first-order valence-electron chi connectivity index (χ1n) is 4.81. The zero-order valence-electron chi connectivity index (χ0n) is 8.87. The summed E-state index contributed by atoms with van der Waals surface area (Å²) in [5.74, 6) is -0.321. The van der Waals surface area contributed by atoms with Gasteiger partial charge in [0.1, 0.15) is 11.6 Å². The van der Waals surface area contributed by atoms with Crippen molar-refractivity contribution in [2.45, 2.75) is 45.3 Å². The van der Waals surface area contributed by atoms with Gasteiger partial charge in [-0.05, 0) is 33.6 Å². The smallest absolute Gasteiger partial charge is 0.329 e.